The number of nitrogens with zero attached hydrogens (tertiary/aromatic N) is 2. The molecule has 0 atom stereocenters. The van der Waals surface area contributed by atoms with Crippen LogP contribution in [0.25, 0.3) is 16.3 Å². The number of hydrogen-bond acceptors (Lipinski definition) is 5. The van der Waals surface area contributed by atoms with Crippen molar-refractivity contribution in [1.29, 1.82) is 0 Å². The summed E-state index contributed by atoms with van der Waals surface area (Å²) < 4.78 is 1.11. The molecule has 3 aromatic rings. The van der Waals surface area contributed by atoms with Gasteiger partial charge in [0.2, 0.25) is 5.91 Å². The summed E-state index contributed by atoms with van der Waals surface area (Å²) in [4.78, 5) is 21.3. The first-order valence-corrected chi connectivity index (χ1v) is 7.61. The van der Waals surface area contributed by atoms with E-state index < -0.39 is 0 Å². The molecule has 1 amide bonds. The van der Waals surface area contributed by atoms with Gasteiger partial charge in [-0.15, -0.1) is 22.7 Å². The summed E-state index contributed by atoms with van der Waals surface area (Å²) in [5.74, 6) is -0.196. The Morgan fingerprint density at radius 3 is 2.90 bits per heavy atom. The van der Waals surface area contributed by atoms with Gasteiger partial charge in [0.25, 0.3) is 0 Å². The molecule has 0 unspecified atom stereocenters. The van der Waals surface area contributed by atoms with Crippen LogP contribution in [-0.4, -0.2) is 15.9 Å². The lowest BCUT2D eigenvalue weighted by atomic mass is 10.3. The molecule has 4 nitrogen and oxygen atoms in total. The number of rotatable bonds is 3. The number of anilines is 1. The summed E-state index contributed by atoms with van der Waals surface area (Å²) in [6, 6.07) is 7.91. The Labute approximate surface area is 123 Å². The van der Waals surface area contributed by atoms with Gasteiger partial charge in [0.15, 0.2) is 5.13 Å². The summed E-state index contributed by atoms with van der Waals surface area (Å²) in [5.41, 5.74) is 0.952. The maximum absolute atomic E-state index is 11.8. The van der Waals surface area contributed by atoms with Crippen molar-refractivity contribution >= 4 is 50.0 Å². The van der Waals surface area contributed by atoms with Crippen LogP contribution in [0.3, 0.4) is 0 Å². The third-order valence-electron chi connectivity index (χ3n) is 2.54. The summed E-state index contributed by atoms with van der Waals surface area (Å²) in [5, 5.41) is 4.15. The Bertz CT molecular complexity index is 755. The van der Waals surface area contributed by atoms with Gasteiger partial charge in [-0.2, -0.15) is 0 Å². The second-order valence-corrected chi connectivity index (χ2v) is 6.42. The Morgan fingerprint density at radius 2 is 2.15 bits per heavy atom. The number of nitrogens with one attached hydrogen (secondary N) is 1. The predicted octanol–water partition coefficient (Wildman–Crippen LogP) is 3.71. The molecule has 6 heteroatoms. The van der Waals surface area contributed by atoms with E-state index in [0.29, 0.717) is 5.13 Å². The summed E-state index contributed by atoms with van der Waals surface area (Å²) in [6.07, 6.45) is 4.94. The molecule has 2 heterocycles. The number of para-hydroxylation sites is 1. The lowest BCUT2D eigenvalue weighted by Crippen LogP contribution is -2.06. The van der Waals surface area contributed by atoms with E-state index in [-0.39, 0.29) is 5.91 Å². The van der Waals surface area contributed by atoms with Gasteiger partial charge < -0.3 is 0 Å². The van der Waals surface area contributed by atoms with Crippen molar-refractivity contribution in [2.24, 2.45) is 0 Å². The van der Waals surface area contributed by atoms with Crippen LogP contribution in [0.15, 0.2) is 36.5 Å². The zero-order chi connectivity index (χ0) is 13.9. The fourth-order valence-corrected chi connectivity index (χ4v) is 3.21. The van der Waals surface area contributed by atoms with Crippen LogP contribution in [0.1, 0.15) is 9.88 Å². The molecule has 0 saturated carbocycles. The monoisotopic (exact) mass is 301 g/mol. The third-order valence-corrected chi connectivity index (χ3v) is 4.37. The zero-order valence-electron chi connectivity index (χ0n) is 10.7. The first kappa shape index (κ1) is 13.0. The SMILES string of the molecule is Cc1cnc(NC(=O)C=Cc2nc3ccccc3s2)s1. The molecule has 20 heavy (non-hydrogen) atoms. The molecule has 0 bridgehead atoms. The number of thiazole rings is 2. The van der Waals surface area contributed by atoms with E-state index in [2.05, 4.69) is 15.3 Å². The largest absolute Gasteiger partial charge is 0.298 e. The van der Waals surface area contributed by atoms with E-state index in [1.807, 2.05) is 31.2 Å². The number of aromatic nitrogens is 2. The highest BCUT2D eigenvalue weighted by atomic mass is 32.1. The average Bonchev–Trinajstić information content (AvgIpc) is 3.02. The molecule has 1 N–H and O–H groups in total. The highest BCUT2D eigenvalue weighted by Gasteiger charge is 2.03. The van der Waals surface area contributed by atoms with Crippen molar-refractivity contribution in [3.63, 3.8) is 0 Å². The van der Waals surface area contributed by atoms with Crippen LogP contribution in [0, 0.1) is 6.92 Å². The Hall–Kier alpha value is -2.05. The minimum Gasteiger partial charge on any atom is -0.298 e. The molecule has 0 radical (unpaired) electrons. The molecule has 3 rings (SSSR count). The molecule has 0 aliphatic carbocycles. The number of amides is 1. The predicted molar refractivity (Wildman–Crippen MR) is 84.1 cm³/mol. The molecule has 2 aromatic heterocycles. The normalized spacial score (nSPS) is 11.2. The second kappa shape index (κ2) is 5.52. The molecule has 0 aliphatic heterocycles. The number of aryl methyl sites for hydroxylation is 1. The van der Waals surface area contributed by atoms with E-state index in [9.17, 15) is 4.79 Å². The Kier molecular flexibility index (Phi) is 3.58. The van der Waals surface area contributed by atoms with Crippen LogP contribution in [-0.2, 0) is 4.79 Å². The minimum absolute atomic E-state index is 0.196. The molecule has 100 valence electrons. The molecule has 0 fully saturated rings. The lowest BCUT2D eigenvalue weighted by molar-refractivity contribution is -0.111. The number of fused-ring (bicyclic) bond motifs is 1. The fourth-order valence-electron chi connectivity index (χ4n) is 1.67. The smallest absolute Gasteiger partial charge is 0.250 e. The van der Waals surface area contributed by atoms with Crippen LogP contribution < -0.4 is 5.32 Å². The van der Waals surface area contributed by atoms with Crippen molar-refractivity contribution in [2.45, 2.75) is 6.92 Å². The van der Waals surface area contributed by atoms with Gasteiger partial charge in [-0.1, -0.05) is 12.1 Å². The van der Waals surface area contributed by atoms with E-state index in [1.54, 1.807) is 23.6 Å². The van der Waals surface area contributed by atoms with Crippen molar-refractivity contribution in [3.8, 4) is 0 Å². The molecular weight excluding hydrogens is 290 g/mol. The summed E-state index contributed by atoms with van der Waals surface area (Å²) >= 11 is 3.01. The van der Waals surface area contributed by atoms with Gasteiger partial charge in [-0.05, 0) is 25.1 Å². The summed E-state index contributed by atoms with van der Waals surface area (Å²) in [6.45, 7) is 1.95. The van der Waals surface area contributed by atoms with Gasteiger partial charge >= 0.3 is 0 Å². The molecule has 0 aliphatic rings. The Balaban J connectivity index is 1.71. The number of carbonyl (C=O) groups excluding carboxylic acids is 1. The first-order valence-electron chi connectivity index (χ1n) is 5.98. The van der Waals surface area contributed by atoms with E-state index in [4.69, 9.17) is 0 Å². The maximum Gasteiger partial charge on any atom is 0.250 e. The highest BCUT2D eigenvalue weighted by Crippen LogP contribution is 2.22. The van der Waals surface area contributed by atoms with Crippen molar-refractivity contribution in [1.82, 2.24) is 9.97 Å². The third kappa shape index (κ3) is 2.92. The molecule has 0 spiro atoms. The molecule has 1 aromatic carbocycles. The maximum atomic E-state index is 11.8. The van der Waals surface area contributed by atoms with Crippen molar-refractivity contribution < 1.29 is 4.79 Å². The fraction of sp³-hybridized carbons (Fsp3) is 0.0714. The van der Waals surface area contributed by atoms with Gasteiger partial charge in [-0.25, -0.2) is 9.97 Å². The quantitative estimate of drug-likeness (QED) is 0.750. The zero-order valence-corrected chi connectivity index (χ0v) is 12.3. The van der Waals surface area contributed by atoms with Crippen molar-refractivity contribution in [3.05, 3.63) is 46.4 Å². The minimum atomic E-state index is -0.196. The van der Waals surface area contributed by atoms with Crippen molar-refractivity contribution in [2.75, 3.05) is 5.32 Å². The number of hydrogen-bond donors (Lipinski definition) is 1. The second-order valence-electron chi connectivity index (χ2n) is 4.12. The number of carbonyl (C=O) groups is 1. The van der Waals surface area contributed by atoms with Gasteiger partial charge in [0.1, 0.15) is 5.01 Å². The van der Waals surface area contributed by atoms with E-state index >= 15 is 0 Å². The Morgan fingerprint density at radius 1 is 1.30 bits per heavy atom. The number of benzene rings is 1. The first-order chi connectivity index (χ1) is 9.70. The summed E-state index contributed by atoms with van der Waals surface area (Å²) in [7, 11) is 0. The van der Waals surface area contributed by atoms with Crippen LogP contribution in [0.5, 0.6) is 0 Å². The van der Waals surface area contributed by atoms with Crippen LogP contribution >= 0.6 is 22.7 Å². The van der Waals surface area contributed by atoms with Crippen LogP contribution in [0.2, 0.25) is 0 Å². The molecule has 0 saturated heterocycles. The van der Waals surface area contributed by atoms with E-state index in [0.717, 1.165) is 20.1 Å². The molecular formula is C14H11N3OS2. The van der Waals surface area contributed by atoms with Gasteiger partial charge in [0, 0.05) is 17.2 Å². The van der Waals surface area contributed by atoms with E-state index in [1.165, 1.54) is 17.4 Å². The average molecular weight is 301 g/mol. The van der Waals surface area contributed by atoms with Gasteiger partial charge in [-0.3, -0.25) is 10.1 Å². The topological polar surface area (TPSA) is 54.9 Å². The highest BCUT2D eigenvalue weighted by molar-refractivity contribution is 7.19. The van der Waals surface area contributed by atoms with Crippen LogP contribution in [0.4, 0.5) is 5.13 Å². The standard InChI is InChI=1S/C14H11N3OS2/c1-9-8-15-14(19-9)17-12(18)6-7-13-16-10-4-2-3-5-11(10)20-13/h2-8H,1H3,(H,15,17,18). The lowest BCUT2D eigenvalue weighted by Gasteiger charge is -1.94. The van der Waals surface area contributed by atoms with Gasteiger partial charge in [0.05, 0.1) is 10.2 Å².